The monoisotopic (exact) mass is 357 g/mol. The Kier molecular flexibility index (Phi) is 4.18. The number of nitrogens with one attached hydrogen (secondary N) is 1. The van der Waals surface area contributed by atoms with Crippen LogP contribution in [0.2, 0.25) is 0 Å². The largest absolute Gasteiger partial charge is 0.325 e. The second-order valence-electron chi connectivity index (χ2n) is 6.95. The molecule has 3 amide bonds. The second kappa shape index (κ2) is 6.51. The van der Waals surface area contributed by atoms with Crippen LogP contribution in [0.25, 0.3) is 5.69 Å². The van der Waals surface area contributed by atoms with Crippen molar-refractivity contribution in [2.24, 2.45) is 0 Å². The van der Waals surface area contributed by atoms with Crippen LogP contribution in [-0.4, -0.2) is 37.4 Å². The molecular weight excluding hydrogens is 337 g/mol. The molecular formula is C18H20FN5O2. The summed E-state index contributed by atoms with van der Waals surface area (Å²) in [4.78, 5) is 26.5. The third-order valence-corrected chi connectivity index (χ3v) is 5.14. The van der Waals surface area contributed by atoms with Gasteiger partial charge in [-0.25, -0.2) is 13.9 Å². The zero-order chi connectivity index (χ0) is 18.1. The highest BCUT2D eigenvalue weighted by atomic mass is 19.1. The average molecular weight is 357 g/mol. The number of imide groups is 1. The third kappa shape index (κ3) is 2.95. The molecule has 0 bridgehead atoms. The molecule has 1 aliphatic carbocycles. The number of aromatic nitrogens is 3. The van der Waals surface area contributed by atoms with Crippen molar-refractivity contribution >= 4 is 11.9 Å². The topological polar surface area (TPSA) is 80.1 Å². The molecule has 1 saturated heterocycles. The summed E-state index contributed by atoms with van der Waals surface area (Å²) < 4.78 is 14.8. The van der Waals surface area contributed by atoms with Crippen molar-refractivity contribution in [3.63, 3.8) is 0 Å². The number of benzene rings is 1. The fourth-order valence-electron chi connectivity index (χ4n) is 3.77. The van der Waals surface area contributed by atoms with Gasteiger partial charge in [-0.15, -0.1) is 5.10 Å². The molecule has 7 nitrogen and oxygen atoms in total. The first-order valence-corrected chi connectivity index (χ1v) is 8.89. The van der Waals surface area contributed by atoms with Gasteiger partial charge >= 0.3 is 6.03 Å². The number of urea groups is 1. The van der Waals surface area contributed by atoms with Gasteiger partial charge in [0.15, 0.2) is 0 Å². The van der Waals surface area contributed by atoms with E-state index in [1.165, 1.54) is 21.7 Å². The molecule has 4 rings (SSSR count). The summed E-state index contributed by atoms with van der Waals surface area (Å²) in [6.07, 6.45) is 7.03. The molecule has 0 radical (unpaired) electrons. The molecule has 1 aliphatic heterocycles. The minimum Gasteiger partial charge on any atom is -0.323 e. The Morgan fingerprint density at radius 1 is 1.15 bits per heavy atom. The highest BCUT2D eigenvalue weighted by Gasteiger charge is 2.50. The molecule has 1 aromatic carbocycles. The zero-order valence-electron chi connectivity index (χ0n) is 14.3. The summed E-state index contributed by atoms with van der Waals surface area (Å²) in [5.74, 6) is -0.548. The maximum atomic E-state index is 13.4. The lowest BCUT2D eigenvalue weighted by molar-refractivity contribution is -0.132. The summed E-state index contributed by atoms with van der Waals surface area (Å²) in [6, 6.07) is 5.60. The summed E-state index contributed by atoms with van der Waals surface area (Å²) in [7, 11) is 0. The van der Waals surface area contributed by atoms with E-state index in [0.717, 1.165) is 25.7 Å². The molecule has 2 fully saturated rings. The van der Waals surface area contributed by atoms with E-state index in [9.17, 15) is 14.0 Å². The number of hydrogen-bond donors (Lipinski definition) is 1. The molecule has 2 aromatic rings. The highest BCUT2D eigenvalue weighted by molar-refractivity contribution is 6.06. The third-order valence-electron chi connectivity index (χ3n) is 5.14. The van der Waals surface area contributed by atoms with Gasteiger partial charge in [0.1, 0.15) is 17.1 Å². The highest BCUT2D eigenvalue weighted by Crippen LogP contribution is 2.33. The van der Waals surface area contributed by atoms with E-state index in [-0.39, 0.29) is 24.3 Å². The number of amides is 3. The Bertz CT molecular complexity index is 842. The van der Waals surface area contributed by atoms with E-state index >= 15 is 0 Å². The molecule has 1 saturated carbocycles. The predicted molar refractivity (Wildman–Crippen MR) is 90.8 cm³/mol. The lowest BCUT2D eigenvalue weighted by atomic mass is 9.90. The van der Waals surface area contributed by atoms with E-state index in [1.54, 1.807) is 18.3 Å². The SMILES string of the molecule is O=C1NC2(CCCCCC2)C(=O)N1Cc1cn(-c2cccc(F)c2)nn1. The summed E-state index contributed by atoms with van der Waals surface area (Å²) in [5, 5.41) is 10.9. The molecule has 8 heteroatoms. The standard InChI is InChI=1S/C18H20FN5O2/c19-13-6-5-7-15(10-13)24-12-14(21-22-24)11-23-16(25)18(20-17(23)26)8-3-1-2-4-9-18/h5-7,10,12H,1-4,8-9,11H2,(H,20,26). The van der Waals surface area contributed by atoms with Gasteiger partial charge in [0.05, 0.1) is 18.4 Å². The van der Waals surface area contributed by atoms with E-state index < -0.39 is 5.54 Å². The van der Waals surface area contributed by atoms with E-state index in [0.29, 0.717) is 24.2 Å². The Balaban J connectivity index is 1.52. The molecule has 0 unspecified atom stereocenters. The Morgan fingerprint density at radius 2 is 1.92 bits per heavy atom. The number of nitrogens with zero attached hydrogens (tertiary/aromatic N) is 4. The fourth-order valence-corrected chi connectivity index (χ4v) is 3.77. The molecule has 136 valence electrons. The maximum absolute atomic E-state index is 13.4. The Morgan fingerprint density at radius 3 is 2.65 bits per heavy atom. The van der Waals surface area contributed by atoms with Crippen LogP contribution in [0.5, 0.6) is 0 Å². The van der Waals surface area contributed by atoms with Crippen LogP contribution in [-0.2, 0) is 11.3 Å². The van der Waals surface area contributed by atoms with E-state index in [4.69, 9.17) is 0 Å². The van der Waals surface area contributed by atoms with Crippen molar-refractivity contribution in [3.05, 3.63) is 42.0 Å². The minimum atomic E-state index is -0.758. The maximum Gasteiger partial charge on any atom is 0.325 e. The van der Waals surface area contributed by atoms with Crippen molar-refractivity contribution in [3.8, 4) is 5.69 Å². The fraction of sp³-hybridized carbons (Fsp3) is 0.444. The first-order chi connectivity index (χ1) is 12.6. The van der Waals surface area contributed by atoms with Gasteiger partial charge in [-0.3, -0.25) is 9.69 Å². The Labute approximate surface area is 150 Å². The number of rotatable bonds is 3. The lowest BCUT2D eigenvalue weighted by Crippen LogP contribution is -2.46. The first kappa shape index (κ1) is 16.7. The van der Waals surface area contributed by atoms with Crippen LogP contribution in [0.1, 0.15) is 44.2 Å². The van der Waals surface area contributed by atoms with Crippen LogP contribution in [0, 0.1) is 5.82 Å². The quantitative estimate of drug-likeness (QED) is 0.856. The average Bonchev–Trinajstić information content (AvgIpc) is 3.08. The normalized spacial score (nSPS) is 19.7. The number of carbonyl (C=O) groups excluding carboxylic acids is 2. The molecule has 1 N–H and O–H groups in total. The van der Waals surface area contributed by atoms with E-state index in [1.807, 2.05) is 0 Å². The molecule has 26 heavy (non-hydrogen) atoms. The molecule has 0 atom stereocenters. The van der Waals surface area contributed by atoms with E-state index in [2.05, 4.69) is 15.6 Å². The molecule has 2 heterocycles. The summed E-state index contributed by atoms with van der Waals surface area (Å²) in [5.41, 5.74) is 0.246. The van der Waals surface area contributed by atoms with Crippen molar-refractivity contribution in [2.75, 3.05) is 0 Å². The smallest absolute Gasteiger partial charge is 0.323 e. The number of halogens is 1. The molecule has 2 aliphatic rings. The molecule has 1 aromatic heterocycles. The van der Waals surface area contributed by atoms with Crippen LogP contribution >= 0.6 is 0 Å². The van der Waals surface area contributed by atoms with Gasteiger partial charge < -0.3 is 5.32 Å². The predicted octanol–water partition coefficient (Wildman–Crippen LogP) is 2.55. The lowest BCUT2D eigenvalue weighted by Gasteiger charge is -2.24. The zero-order valence-corrected chi connectivity index (χ0v) is 14.3. The molecule has 1 spiro atoms. The van der Waals surface area contributed by atoms with Crippen LogP contribution in [0.3, 0.4) is 0 Å². The van der Waals surface area contributed by atoms with Crippen molar-refractivity contribution in [2.45, 2.75) is 50.6 Å². The van der Waals surface area contributed by atoms with Gasteiger partial charge in [-0.1, -0.05) is 37.0 Å². The van der Waals surface area contributed by atoms with Crippen LogP contribution in [0.4, 0.5) is 9.18 Å². The number of hydrogen-bond acceptors (Lipinski definition) is 4. The Hall–Kier alpha value is -2.77. The van der Waals surface area contributed by atoms with Crippen molar-refractivity contribution < 1.29 is 14.0 Å². The van der Waals surface area contributed by atoms with Crippen molar-refractivity contribution in [1.29, 1.82) is 0 Å². The van der Waals surface area contributed by atoms with Gasteiger partial charge in [-0.2, -0.15) is 0 Å². The minimum absolute atomic E-state index is 0.0573. The van der Waals surface area contributed by atoms with Gasteiger partial charge in [0, 0.05) is 0 Å². The summed E-state index contributed by atoms with van der Waals surface area (Å²) in [6.45, 7) is 0.0573. The van der Waals surface area contributed by atoms with Gasteiger partial charge in [0.2, 0.25) is 0 Å². The first-order valence-electron chi connectivity index (χ1n) is 8.89. The summed E-state index contributed by atoms with van der Waals surface area (Å²) >= 11 is 0. The second-order valence-corrected chi connectivity index (χ2v) is 6.95. The van der Waals surface area contributed by atoms with Gasteiger partial charge in [0.25, 0.3) is 5.91 Å². The van der Waals surface area contributed by atoms with Crippen molar-refractivity contribution in [1.82, 2.24) is 25.2 Å². The van der Waals surface area contributed by atoms with Crippen LogP contribution in [0.15, 0.2) is 30.5 Å². The number of carbonyl (C=O) groups is 2. The van der Waals surface area contributed by atoms with Crippen LogP contribution < -0.4 is 5.32 Å². The van der Waals surface area contributed by atoms with Gasteiger partial charge in [-0.05, 0) is 31.0 Å².